The molecule has 0 aliphatic carbocycles. The van der Waals surface area contributed by atoms with Gasteiger partial charge in [-0.3, -0.25) is 5.32 Å². The second-order valence-corrected chi connectivity index (χ2v) is 5.16. The first-order chi connectivity index (χ1) is 8.70. The number of rotatable bonds is 3. The van der Waals surface area contributed by atoms with Crippen molar-refractivity contribution in [2.45, 2.75) is 20.0 Å². The van der Waals surface area contributed by atoms with Crippen LogP contribution in [0.3, 0.4) is 0 Å². The van der Waals surface area contributed by atoms with Crippen LogP contribution < -0.4 is 5.32 Å². The molecular formula is C12H13BrF3NO2. The van der Waals surface area contributed by atoms with Gasteiger partial charge in [-0.2, -0.15) is 13.2 Å². The van der Waals surface area contributed by atoms with E-state index in [1.165, 1.54) is 6.07 Å². The monoisotopic (exact) mass is 339 g/mol. The summed E-state index contributed by atoms with van der Waals surface area (Å²) in [5.74, 6) is 0.149. The zero-order valence-electron chi connectivity index (χ0n) is 10.3. The van der Waals surface area contributed by atoms with Crippen LogP contribution >= 0.6 is 15.9 Å². The van der Waals surface area contributed by atoms with Crippen molar-refractivity contribution in [3.63, 3.8) is 0 Å². The summed E-state index contributed by atoms with van der Waals surface area (Å²) in [6, 6.07) is 3.00. The SMILES string of the molecule is CC(C)COC(=O)Nc1cc(C(F)(F)F)ccc1Br. The summed E-state index contributed by atoms with van der Waals surface area (Å²) >= 11 is 3.07. The molecule has 7 heteroatoms. The van der Waals surface area contributed by atoms with Gasteiger partial charge in [0.2, 0.25) is 0 Å². The summed E-state index contributed by atoms with van der Waals surface area (Å²) in [6.45, 7) is 3.91. The Morgan fingerprint density at radius 3 is 2.58 bits per heavy atom. The van der Waals surface area contributed by atoms with Gasteiger partial charge in [0.1, 0.15) is 0 Å². The van der Waals surface area contributed by atoms with Crippen molar-refractivity contribution in [1.82, 2.24) is 0 Å². The number of ether oxygens (including phenoxy) is 1. The minimum atomic E-state index is -4.46. The number of nitrogens with one attached hydrogen (secondary N) is 1. The lowest BCUT2D eigenvalue weighted by Crippen LogP contribution is -2.17. The number of halogens is 4. The van der Waals surface area contributed by atoms with Crippen LogP contribution in [0.5, 0.6) is 0 Å². The molecule has 0 saturated heterocycles. The molecule has 0 unspecified atom stereocenters. The van der Waals surface area contributed by atoms with Crippen LogP contribution in [0.2, 0.25) is 0 Å². The van der Waals surface area contributed by atoms with Crippen molar-refractivity contribution >= 4 is 27.7 Å². The zero-order chi connectivity index (χ0) is 14.6. The highest BCUT2D eigenvalue weighted by Gasteiger charge is 2.31. The van der Waals surface area contributed by atoms with E-state index in [9.17, 15) is 18.0 Å². The van der Waals surface area contributed by atoms with Gasteiger partial charge in [-0.15, -0.1) is 0 Å². The van der Waals surface area contributed by atoms with E-state index in [-0.39, 0.29) is 18.2 Å². The Morgan fingerprint density at radius 1 is 1.42 bits per heavy atom. The van der Waals surface area contributed by atoms with Crippen LogP contribution in [0.15, 0.2) is 22.7 Å². The summed E-state index contributed by atoms with van der Waals surface area (Å²) < 4.78 is 42.8. The van der Waals surface area contributed by atoms with Crippen molar-refractivity contribution in [3.05, 3.63) is 28.2 Å². The molecule has 0 bridgehead atoms. The number of alkyl halides is 3. The first-order valence-electron chi connectivity index (χ1n) is 5.50. The van der Waals surface area contributed by atoms with E-state index < -0.39 is 17.8 Å². The van der Waals surface area contributed by atoms with Crippen molar-refractivity contribution in [2.24, 2.45) is 5.92 Å². The number of hydrogen-bond donors (Lipinski definition) is 1. The standard InChI is InChI=1S/C12H13BrF3NO2/c1-7(2)6-19-11(18)17-10-5-8(12(14,15)16)3-4-9(10)13/h3-5,7H,6H2,1-2H3,(H,17,18). The molecule has 1 aromatic carbocycles. The van der Waals surface area contributed by atoms with Gasteiger partial charge in [0.25, 0.3) is 0 Å². The molecule has 0 aliphatic heterocycles. The fourth-order valence-corrected chi connectivity index (χ4v) is 1.53. The molecule has 0 saturated carbocycles. The third-order valence-electron chi connectivity index (χ3n) is 2.08. The Bertz CT molecular complexity index is 461. The number of carbonyl (C=O) groups excluding carboxylic acids is 1. The quantitative estimate of drug-likeness (QED) is 0.868. The maximum atomic E-state index is 12.5. The Morgan fingerprint density at radius 2 is 2.05 bits per heavy atom. The molecule has 1 amide bonds. The highest BCUT2D eigenvalue weighted by atomic mass is 79.9. The summed E-state index contributed by atoms with van der Waals surface area (Å²) in [5.41, 5.74) is -0.821. The van der Waals surface area contributed by atoms with Crippen molar-refractivity contribution in [3.8, 4) is 0 Å². The van der Waals surface area contributed by atoms with Gasteiger partial charge in [0.15, 0.2) is 0 Å². The van der Waals surface area contributed by atoms with Gasteiger partial charge in [-0.25, -0.2) is 4.79 Å². The summed E-state index contributed by atoms with van der Waals surface area (Å²) in [4.78, 5) is 11.4. The third-order valence-corrected chi connectivity index (χ3v) is 2.77. The topological polar surface area (TPSA) is 38.3 Å². The first-order valence-corrected chi connectivity index (χ1v) is 6.30. The predicted molar refractivity (Wildman–Crippen MR) is 69.0 cm³/mol. The van der Waals surface area contributed by atoms with Crippen molar-refractivity contribution in [1.29, 1.82) is 0 Å². The van der Waals surface area contributed by atoms with Gasteiger partial charge in [0.05, 0.1) is 17.9 Å². The maximum absolute atomic E-state index is 12.5. The number of anilines is 1. The van der Waals surface area contributed by atoms with Gasteiger partial charge in [-0.05, 0) is 40.0 Å². The van der Waals surface area contributed by atoms with Gasteiger partial charge >= 0.3 is 12.3 Å². The molecule has 19 heavy (non-hydrogen) atoms. The minimum Gasteiger partial charge on any atom is -0.449 e. The van der Waals surface area contributed by atoms with E-state index in [1.54, 1.807) is 0 Å². The average Bonchev–Trinajstić information content (AvgIpc) is 2.28. The van der Waals surface area contributed by atoms with E-state index in [0.29, 0.717) is 4.47 Å². The Labute approximate surface area is 117 Å². The Balaban J connectivity index is 2.80. The average molecular weight is 340 g/mol. The molecule has 0 spiro atoms. The van der Waals surface area contributed by atoms with Gasteiger partial charge in [-0.1, -0.05) is 13.8 Å². The van der Waals surface area contributed by atoms with E-state index >= 15 is 0 Å². The number of hydrogen-bond acceptors (Lipinski definition) is 2. The number of carbonyl (C=O) groups is 1. The van der Waals surface area contributed by atoms with Gasteiger partial charge < -0.3 is 4.74 Å². The fraction of sp³-hybridized carbons (Fsp3) is 0.417. The summed E-state index contributed by atoms with van der Waals surface area (Å²) in [5, 5.41) is 2.27. The molecule has 0 fully saturated rings. The van der Waals surface area contributed by atoms with E-state index in [2.05, 4.69) is 21.2 Å². The maximum Gasteiger partial charge on any atom is 0.416 e. The van der Waals surface area contributed by atoms with Crippen molar-refractivity contribution in [2.75, 3.05) is 11.9 Å². The first kappa shape index (κ1) is 15.8. The summed E-state index contributed by atoms with van der Waals surface area (Å²) in [6.07, 6.45) is -5.24. The van der Waals surface area contributed by atoms with Crippen LogP contribution in [0.25, 0.3) is 0 Å². The number of benzene rings is 1. The fourth-order valence-electron chi connectivity index (χ4n) is 1.19. The Kier molecular flexibility index (Phi) is 5.22. The second kappa shape index (κ2) is 6.27. The van der Waals surface area contributed by atoms with Crippen molar-refractivity contribution < 1.29 is 22.7 Å². The van der Waals surface area contributed by atoms with E-state index in [0.717, 1.165) is 12.1 Å². The molecular weight excluding hydrogens is 327 g/mol. The van der Waals surface area contributed by atoms with Crippen LogP contribution in [0, 0.1) is 5.92 Å². The van der Waals surface area contributed by atoms with Gasteiger partial charge in [0, 0.05) is 4.47 Å². The number of amides is 1. The van der Waals surface area contributed by atoms with Crippen LogP contribution in [0.1, 0.15) is 19.4 Å². The predicted octanol–water partition coefficient (Wildman–Crippen LogP) is 4.67. The highest BCUT2D eigenvalue weighted by Crippen LogP contribution is 2.33. The minimum absolute atomic E-state index is 0.0172. The smallest absolute Gasteiger partial charge is 0.416 e. The third kappa shape index (κ3) is 5.10. The molecule has 1 aromatic rings. The molecule has 106 valence electrons. The van der Waals surface area contributed by atoms with Crippen LogP contribution in [0.4, 0.5) is 23.7 Å². The molecule has 1 rings (SSSR count). The summed E-state index contributed by atoms with van der Waals surface area (Å²) in [7, 11) is 0. The van der Waals surface area contributed by atoms with E-state index in [4.69, 9.17) is 4.74 Å². The van der Waals surface area contributed by atoms with Crippen LogP contribution in [-0.4, -0.2) is 12.7 Å². The lowest BCUT2D eigenvalue weighted by molar-refractivity contribution is -0.137. The normalized spacial score (nSPS) is 11.5. The molecule has 0 aromatic heterocycles. The molecule has 0 radical (unpaired) electrons. The highest BCUT2D eigenvalue weighted by molar-refractivity contribution is 9.10. The Hall–Kier alpha value is -1.24. The second-order valence-electron chi connectivity index (χ2n) is 4.31. The lowest BCUT2D eigenvalue weighted by Gasteiger charge is -2.12. The molecule has 1 N–H and O–H groups in total. The largest absolute Gasteiger partial charge is 0.449 e. The molecule has 0 atom stereocenters. The molecule has 0 aliphatic rings. The lowest BCUT2D eigenvalue weighted by atomic mass is 10.2. The van der Waals surface area contributed by atoms with E-state index in [1.807, 2.05) is 13.8 Å². The zero-order valence-corrected chi connectivity index (χ0v) is 11.9. The molecule has 0 heterocycles. The van der Waals surface area contributed by atoms with Crippen LogP contribution in [-0.2, 0) is 10.9 Å². The molecule has 3 nitrogen and oxygen atoms in total.